The van der Waals surface area contributed by atoms with Gasteiger partial charge in [0.15, 0.2) is 6.23 Å². The van der Waals surface area contributed by atoms with Gasteiger partial charge in [0.2, 0.25) is 11.7 Å². The average Bonchev–Trinajstić information content (AvgIpc) is 2.79. The van der Waals surface area contributed by atoms with E-state index in [0.717, 1.165) is 0 Å². The van der Waals surface area contributed by atoms with Crippen molar-refractivity contribution in [3.63, 3.8) is 0 Å². The number of methoxy groups -OCH3 is 1. The van der Waals surface area contributed by atoms with Crippen molar-refractivity contribution in [3.05, 3.63) is 11.8 Å². The Hall–Kier alpha value is -1.57. The second kappa shape index (κ2) is 6.28. The number of carbonyl (C=O) groups excluding carboxylic acids is 3. The van der Waals surface area contributed by atoms with Crippen LogP contribution < -0.4 is 0 Å². The molecule has 2 heterocycles. The Bertz CT molecular complexity index is 533. The molecule has 2 aliphatic heterocycles. The molecule has 8 heteroatoms. The molecule has 0 saturated carbocycles. The van der Waals surface area contributed by atoms with Crippen molar-refractivity contribution in [2.24, 2.45) is 0 Å². The maximum absolute atomic E-state index is 12.0. The van der Waals surface area contributed by atoms with Crippen LogP contribution in [0.3, 0.4) is 0 Å². The third kappa shape index (κ3) is 2.84. The number of halogens is 1. The summed E-state index contributed by atoms with van der Waals surface area (Å²) < 4.78 is 14.7. The number of likely N-dealkylation sites (tertiary alicyclic amines) is 1. The Balaban J connectivity index is 2.29. The molecule has 122 valence electrons. The molecule has 1 amide bonds. The van der Waals surface area contributed by atoms with E-state index >= 15 is 0 Å². The Morgan fingerprint density at radius 2 is 2.18 bits per heavy atom. The van der Waals surface area contributed by atoms with E-state index in [1.807, 2.05) is 0 Å². The lowest BCUT2D eigenvalue weighted by molar-refractivity contribution is -0.160. The van der Waals surface area contributed by atoms with Gasteiger partial charge < -0.3 is 14.2 Å². The molecule has 0 aromatic rings. The number of carbonyl (C=O) groups is 3. The number of allylic oxidation sites excluding steroid dienone is 1. The van der Waals surface area contributed by atoms with Gasteiger partial charge in [-0.05, 0) is 25.8 Å². The Morgan fingerprint density at radius 3 is 2.73 bits per heavy atom. The lowest BCUT2D eigenvalue weighted by atomic mass is 9.98. The topological polar surface area (TPSA) is 82.1 Å². The van der Waals surface area contributed by atoms with E-state index in [-0.39, 0.29) is 18.3 Å². The maximum Gasteiger partial charge on any atom is 0.373 e. The van der Waals surface area contributed by atoms with Crippen LogP contribution in [-0.2, 0) is 28.6 Å². The summed E-state index contributed by atoms with van der Waals surface area (Å²) in [7, 11) is 1.27. The SMILES string of the molecule is CCOC(=O)C1=CC[C@]2(Br)C[C@@H](C(=O)OC)N(C(C)=O)[C@H]2O1. The molecule has 0 radical (unpaired) electrons. The van der Waals surface area contributed by atoms with Crippen molar-refractivity contribution in [2.45, 2.75) is 43.3 Å². The zero-order valence-electron chi connectivity index (χ0n) is 12.6. The van der Waals surface area contributed by atoms with E-state index in [4.69, 9.17) is 14.2 Å². The number of hydrogen-bond acceptors (Lipinski definition) is 6. The van der Waals surface area contributed by atoms with E-state index in [2.05, 4.69) is 15.9 Å². The van der Waals surface area contributed by atoms with Crippen molar-refractivity contribution < 1.29 is 28.6 Å². The number of amides is 1. The van der Waals surface area contributed by atoms with Gasteiger partial charge in [0.1, 0.15) is 6.04 Å². The quantitative estimate of drug-likeness (QED) is 0.542. The van der Waals surface area contributed by atoms with Crippen molar-refractivity contribution in [1.29, 1.82) is 0 Å². The zero-order valence-corrected chi connectivity index (χ0v) is 14.2. The van der Waals surface area contributed by atoms with Crippen LogP contribution in [0.5, 0.6) is 0 Å². The Labute approximate surface area is 136 Å². The van der Waals surface area contributed by atoms with Crippen molar-refractivity contribution >= 4 is 33.8 Å². The molecular formula is C14H18BrNO6. The summed E-state index contributed by atoms with van der Waals surface area (Å²) in [4.78, 5) is 37.0. The van der Waals surface area contributed by atoms with Gasteiger partial charge in [0, 0.05) is 6.92 Å². The van der Waals surface area contributed by atoms with Gasteiger partial charge >= 0.3 is 11.9 Å². The second-order valence-corrected chi connectivity index (χ2v) is 6.75. The van der Waals surface area contributed by atoms with E-state index in [9.17, 15) is 14.4 Å². The molecule has 0 aromatic heterocycles. The van der Waals surface area contributed by atoms with E-state index < -0.39 is 28.5 Å². The number of fused-ring (bicyclic) bond motifs is 1. The summed E-state index contributed by atoms with van der Waals surface area (Å²) in [5, 5.41) is 0. The maximum atomic E-state index is 12.0. The molecule has 7 nitrogen and oxygen atoms in total. The van der Waals surface area contributed by atoms with E-state index in [0.29, 0.717) is 12.8 Å². The number of esters is 2. The summed E-state index contributed by atoms with van der Waals surface area (Å²) in [6, 6.07) is -0.748. The average molecular weight is 376 g/mol. The molecule has 3 atom stereocenters. The first-order valence-electron chi connectivity index (χ1n) is 6.93. The van der Waals surface area contributed by atoms with Crippen molar-refractivity contribution in [2.75, 3.05) is 13.7 Å². The van der Waals surface area contributed by atoms with E-state index in [1.165, 1.54) is 18.9 Å². The van der Waals surface area contributed by atoms with Crippen LogP contribution in [0.15, 0.2) is 11.8 Å². The number of hydrogen-bond donors (Lipinski definition) is 0. The Kier molecular flexibility index (Phi) is 4.79. The van der Waals surface area contributed by atoms with Crippen molar-refractivity contribution in [3.8, 4) is 0 Å². The molecule has 2 aliphatic rings. The van der Waals surface area contributed by atoms with E-state index in [1.54, 1.807) is 13.0 Å². The molecule has 0 aromatic carbocycles. The lowest BCUT2D eigenvalue weighted by Gasteiger charge is -2.36. The highest BCUT2D eigenvalue weighted by molar-refractivity contribution is 9.10. The van der Waals surface area contributed by atoms with Crippen LogP contribution in [0, 0.1) is 0 Å². The highest BCUT2D eigenvalue weighted by Crippen LogP contribution is 2.47. The highest BCUT2D eigenvalue weighted by Gasteiger charge is 2.58. The Morgan fingerprint density at radius 1 is 1.50 bits per heavy atom. The smallest absolute Gasteiger partial charge is 0.373 e. The minimum Gasteiger partial charge on any atom is -0.467 e. The summed E-state index contributed by atoms with van der Waals surface area (Å²) in [6.07, 6.45) is 1.62. The molecule has 0 unspecified atom stereocenters. The fourth-order valence-corrected chi connectivity index (χ4v) is 3.54. The fourth-order valence-electron chi connectivity index (χ4n) is 2.76. The molecular weight excluding hydrogens is 358 g/mol. The summed E-state index contributed by atoms with van der Waals surface area (Å²) >= 11 is 3.56. The number of rotatable bonds is 3. The van der Waals surface area contributed by atoms with Crippen LogP contribution in [0.2, 0.25) is 0 Å². The molecule has 1 saturated heterocycles. The van der Waals surface area contributed by atoms with Gasteiger partial charge in [-0.25, -0.2) is 9.59 Å². The first-order chi connectivity index (χ1) is 10.3. The molecule has 2 rings (SSSR count). The minimum atomic E-state index is -0.765. The molecule has 0 bridgehead atoms. The summed E-state index contributed by atoms with van der Waals surface area (Å²) in [6.45, 7) is 3.27. The predicted molar refractivity (Wildman–Crippen MR) is 78.8 cm³/mol. The number of nitrogens with zero attached hydrogens (tertiary/aromatic N) is 1. The summed E-state index contributed by atoms with van der Waals surface area (Å²) in [5.74, 6) is -1.36. The van der Waals surface area contributed by atoms with Gasteiger partial charge in [-0.15, -0.1) is 0 Å². The predicted octanol–water partition coefficient (Wildman–Crippen LogP) is 1.11. The molecule has 0 aliphatic carbocycles. The largest absolute Gasteiger partial charge is 0.467 e. The van der Waals surface area contributed by atoms with Gasteiger partial charge in [-0.3, -0.25) is 9.69 Å². The molecule has 0 spiro atoms. The van der Waals surface area contributed by atoms with Crippen LogP contribution in [0.4, 0.5) is 0 Å². The summed E-state index contributed by atoms with van der Waals surface area (Å²) in [5.41, 5.74) is 0. The standard InChI is InChI=1S/C14H18BrNO6/c1-4-21-12(19)10-5-6-14(15)7-9(11(18)20-3)16(8(2)17)13(14)22-10/h5,9,13H,4,6-7H2,1-3H3/t9-,13-,14-/m0/s1. The van der Waals surface area contributed by atoms with Crippen molar-refractivity contribution in [1.82, 2.24) is 4.90 Å². The zero-order chi connectivity index (χ0) is 16.5. The number of alkyl halides is 1. The minimum absolute atomic E-state index is 0.0543. The monoisotopic (exact) mass is 375 g/mol. The van der Waals surface area contributed by atoms with Gasteiger partial charge in [0.25, 0.3) is 0 Å². The lowest BCUT2D eigenvalue weighted by Crippen LogP contribution is -2.49. The van der Waals surface area contributed by atoms with Crippen LogP contribution in [-0.4, -0.2) is 53.1 Å². The first kappa shape index (κ1) is 16.8. The van der Waals surface area contributed by atoms with Gasteiger partial charge in [-0.2, -0.15) is 0 Å². The molecule has 0 N–H and O–H groups in total. The fraction of sp³-hybridized carbons (Fsp3) is 0.643. The molecule has 1 fully saturated rings. The van der Waals surface area contributed by atoms with Crippen LogP contribution >= 0.6 is 15.9 Å². The number of ether oxygens (including phenoxy) is 3. The van der Waals surface area contributed by atoms with Gasteiger partial charge in [-0.1, -0.05) is 15.9 Å². The van der Waals surface area contributed by atoms with Crippen LogP contribution in [0.1, 0.15) is 26.7 Å². The first-order valence-corrected chi connectivity index (χ1v) is 7.73. The second-order valence-electron chi connectivity index (χ2n) is 5.17. The van der Waals surface area contributed by atoms with Gasteiger partial charge in [0.05, 0.1) is 18.0 Å². The van der Waals surface area contributed by atoms with Crippen LogP contribution in [0.25, 0.3) is 0 Å². The molecule has 22 heavy (non-hydrogen) atoms. The highest BCUT2D eigenvalue weighted by atomic mass is 79.9. The third-order valence-electron chi connectivity index (χ3n) is 3.74. The third-order valence-corrected chi connectivity index (χ3v) is 4.78. The normalized spacial score (nSPS) is 30.0.